The summed E-state index contributed by atoms with van der Waals surface area (Å²) in [6.45, 7) is 14.4. The van der Waals surface area contributed by atoms with Crippen LogP contribution < -0.4 is 21.7 Å². The van der Waals surface area contributed by atoms with Gasteiger partial charge in [-0.1, -0.05) is 96.0 Å². The number of hydrogen-bond acceptors (Lipinski definition) is 11. The molecular weight excluding hydrogens is 1070 g/mol. The molecule has 0 bridgehead atoms. The summed E-state index contributed by atoms with van der Waals surface area (Å²) in [6, 6.07) is 24.7. The number of anilines is 2. The first-order chi connectivity index (χ1) is 36.7. The van der Waals surface area contributed by atoms with Crippen LogP contribution in [0.25, 0.3) is 0 Å². The van der Waals surface area contributed by atoms with Crippen molar-refractivity contribution in [3.05, 3.63) is 163 Å². The maximum absolute atomic E-state index is 14.6. The number of aromatic nitrogens is 4. The van der Waals surface area contributed by atoms with Gasteiger partial charge >= 0.3 is 18.2 Å². The van der Waals surface area contributed by atoms with E-state index in [1.54, 1.807) is 23.6 Å². The molecule has 18 nitrogen and oxygen atoms in total. The Morgan fingerprint density at radius 3 is 1.64 bits per heavy atom. The second-order valence-corrected chi connectivity index (χ2v) is 21.4. The summed E-state index contributed by atoms with van der Waals surface area (Å²) in [5.41, 5.74) is 9.55. The lowest BCUT2D eigenvalue weighted by atomic mass is 10.0. The molecule has 0 radical (unpaired) electrons. The van der Waals surface area contributed by atoms with Gasteiger partial charge in [-0.2, -0.15) is 10.2 Å². The van der Waals surface area contributed by atoms with Crippen LogP contribution in [0.15, 0.2) is 84.9 Å². The molecule has 4 aromatic carbocycles. The molecule has 8 rings (SSSR count). The van der Waals surface area contributed by atoms with Crippen LogP contribution in [0, 0.1) is 25.5 Å². The minimum atomic E-state index is -0.874. The first-order valence-electron chi connectivity index (χ1n) is 24.8. The van der Waals surface area contributed by atoms with Gasteiger partial charge in [-0.3, -0.25) is 14.7 Å². The number of nitrogens with two attached hydrogens (primary N) is 1. The fourth-order valence-electron chi connectivity index (χ4n) is 9.08. The SMILES string of the molecule is CCOC(=O)n1nc2c(c1N)CN(C(=O)N[C@H](CN(C)C)c1ccccc1)C2(C)C.Cc1ccc(Cl)c(C(=O)Cl)c1F.Cc1ccc(Cl)c(C(=O)Nc2n[nH]c3c2CN(C(=O)N[C@H](CN(C)C)c2ccccc2)C3(C)C)c1F. The largest absolute Gasteiger partial charge is 0.448 e. The molecular formula is C55H65Cl3F2N12O6. The van der Waals surface area contributed by atoms with E-state index in [0.717, 1.165) is 15.8 Å². The Morgan fingerprint density at radius 1 is 0.731 bits per heavy atom. The van der Waals surface area contributed by atoms with Crippen molar-refractivity contribution in [2.75, 3.05) is 58.9 Å². The molecule has 5 amide bonds. The molecule has 6 N–H and O–H groups in total. The molecule has 23 heteroatoms. The monoisotopic (exact) mass is 1130 g/mol. The van der Waals surface area contributed by atoms with Crippen LogP contribution in [0.4, 0.5) is 34.8 Å². The van der Waals surface area contributed by atoms with E-state index in [1.807, 2.05) is 126 Å². The highest BCUT2D eigenvalue weighted by Crippen LogP contribution is 2.42. The van der Waals surface area contributed by atoms with Crippen molar-refractivity contribution in [3.63, 3.8) is 0 Å². The van der Waals surface area contributed by atoms with E-state index in [4.69, 9.17) is 45.3 Å². The number of nitrogen functional groups attached to an aromatic ring is 1. The number of halogens is 5. The second-order valence-electron chi connectivity index (χ2n) is 20.2. The zero-order chi connectivity index (χ0) is 57.6. The normalized spacial score (nSPS) is 14.5. The lowest BCUT2D eigenvalue weighted by Gasteiger charge is -2.34. The number of amides is 5. The molecule has 0 spiro atoms. The van der Waals surface area contributed by atoms with Crippen molar-refractivity contribution >= 4 is 75.7 Å². The summed E-state index contributed by atoms with van der Waals surface area (Å²) in [7, 11) is 7.85. The van der Waals surface area contributed by atoms with E-state index >= 15 is 0 Å². The number of fused-ring (bicyclic) bond motifs is 2. The van der Waals surface area contributed by atoms with Crippen LogP contribution in [0.5, 0.6) is 0 Å². The molecule has 2 atom stereocenters. The van der Waals surface area contributed by atoms with E-state index in [1.165, 1.54) is 31.2 Å². The number of nitrogens with one attached hydrogen (secondary N) is 4. The van der Waals surface area contributed by atoms with Crippen molar-refractivity contribution in [1.29, 1.82) is 0 Å². The summed E-state index contributed by atoms with van der Waals surface area (Å²) in [4.78, 5) is 69.9. The number of urea groups is 2. The summed E-state index contributed by atoms with van der Waals surface area (Å²) >= 11 is 16.8. The minimum absolute atomic E-state index is 0.0111. The highest BCUT2D eigenvalue weighted by Gasteiger charge is 2.47. The Labute approximate surface area is 467 Å². The van der Waals surface area contributed by atoms with Crippen molar-refractivity contribution in [3.8, 4) is 0 Å². The lowest BCUT2D eigenvalue weighted by molar-refractivity contribution is 0.102. The highest BCUT2D eigenvalue weighted by molar-refractivity contribution is 6.68. The molecule has 416 valence electrons. The summed E-state index contributed by atoms with van der Waals surface area (Å²) in [6.07, 6.45) is -0.619. The number of rotatable bonds is 12. The standard InChI is InChI=1S/C26H30ClFN6O2.C21H30N6O3.C8H5Cl2FO/c1-15-11-12-18(27)20(21(15)28)24(35)30-23-17-13-34(26(2,3)22(17)31-32-23)25(36)29-19(14-33(4)5)16-9-7-6-8-10-16;1-6-30-20(29)27-18(22)15-12-26(21(2,3)17(15)24-27)19(28)23-16(13-25(4)5)14-10-8-7-9-11-14;1-4-2-3-5(9)6(7(4)11)8(10)12/h6-12,19H,13-14H2,1-5H3,(H,29,36)(H2,30,31,32,35);7-11,16H,6,12-13,22H2,1-5H3,(H,23,28);2-3H,1H3/t19-;16-;/m11./s1. The number of likely N-dealkylation sites (N-methyl/N-ethyl adjacent to an activating group) is 2. The highest BCUT2D eigenvalue weighted by atomic mass is 35.5. The quantitative estimate of drug-likeness (QED) is 0.0727. The Kier molecular flexibility index (Phi) is 19.4. The number of aryl methyl sites for hydroxylation is 2. The van der Waals surface area contributed by atoms with Gasteiger partial charge in [0.05, 0.1) is 75.4 Å². The summed E-state index contributed by atoms with van der Waals surface area (Å²) in [5.74, 6) is -1.59. The zero-order valence-corrected chi connectivity index (χ0v) is 47.6. The molecule has 2 aliphatic heterocycles. The number of hydrogen-bond donors (Lipinski definition) is 5. The Hall–Kier alpha value is -7.10. The maximum Gasteiger partial charge on any atom is 0.436 e. The van der Waals surface area contributed by atoms with Gasteiger partial charge in [-0.15, -0.1) is 4.68 Å². The van der Waals surface area contributed by atoms with Crippen molar-refractivity contribution < 1.29 is 37.5 Å². The number of ether oxygens (including phenoxy) is 1. The van der Waals surface area contributed by atoms with E-state index in [0.29, 0.717) is 46.7 Å². The van der Waals surface area contributed by atoms with Gasteiger partial charge in [-0.25, -0.2) is 23.2 Å². The number of H-pyrrole nitrogens is 1. The van der Waals surface area contributed by atoms with Crippen LogP contribution in [0.2, 0.25) is 10.0 Å². The molecule has 0 saturated heterocycles. The van der Waals surface area contributed by atoms with Gasteiger partial charge in [0.15, 0.2) is 5.82 Å². The van der Waals surface area contributed by atoms with Gasteiger partial charge < -0.3 is 46.0 Å². The van der Waals surface area contributed by atoms with Gasteiger partial charge in [0.2, 0.25) is 0 Å². The van der Waals surface area contributed by atoms with Crippen LogP contribution in [0.1, 0.15) is 112 Å². The number of aromatic amines is 1. The van der Waals surface area contributed by atoms with Crippen molar-refractivity contribution in [2.24, 2.45) is 0 Å². The average molecular weight is 1130 g/mol. The maximum atomic E-state index is 14.6. The van der Waals surface area contributed by atoms with Crippen LogP contribution >= 0.6 is 34.8 Å². The number of benzene rings is 4. The molecule has 0 unspecified atom stereocenters. The first kappa shape index (κ1) is 60.1. The molecule has 0 aliphatic carbocycles. The molecule has 4 heterocycles. The predicted octanol–water partition coefficient (Wildman–Crippen LogP) is 10.5. The smallest absolute Gasteiger partial charge is 0.436 e. The van der Waals surface area contributed by atoms with E-state index in [-0.39, 0.29) is 76.7 Å². The third kappa shape index (κ3) is 13.2. The molecule has 2 aliphatic rings. The molecule has 0 fully saturated rings. The minimum Gasteiger partial charge on any atom is -0.448 e. The van der Waals surface area contributed by atoms with Gasteiger partial charge in [-0.05, 0) is 123 Å². The van der Waals surface area contributed by atoms with Crippen molar-refractivity contribution in [2.45, 2.75) is 84.7 Å². The Bertz CT molecular complexity index is 3170. The van der Waals surface area contributed by atoms with E-state index in [2.05, 4.69) is 31.2 Å². The Morgan fingerprint density at radius 2 is 1.19 bits per heavy atom. The lowest BCUT2D eigenvalue weighted by Crippen LogP contribution is -2.48. The first-order valence-corrected chi connectivity index (χ1v) is 25.9. The molecule has 2 aromatic heterocycles. The third-order valence-corrected chi connectivity index (χ3v) is 14.1. The number of nitrogens with zero attached hydrogens (tertiary/aromatic N) is 7. The van der Waals surface area contributed by atoms with Crippen LogP contribution in [-0.2, 0) is 28.9 Å². The Balaban J connectivity index is 0.000000211. The average Bonchev–Trinajstić information content (AvgIpc) is 4.10. The van der Waals surface area contributed by atoms with Gasteiger partial charge in [0.1, 0.15) is 17.5 Å². The van der Waals surface area contributed by atoms with Crippen LogP contribution in [-0.4, -0.2) is 117 Å². The fourth-order valence-corrected chi connectivity index (χ4v) is 9.78. The van der Waals surface area contributed by atoms with Crippen molar-refractivity contribution in [1.82, 2.24) is 50.2 Å². The zero-order valence-electron chi connectivity index (χ0n) is 45.3. The third-order valence-electron chi connectivity index (χ3n) is 13.3. The summed E-state index contributed by atoms with van der Waals surface area (Å²) < 4.78 is 33.8. The second kappa shape index (κ2) is 25.1. The molecule has 0 saturated carbocycles. The topological polar surface area (TPSA) is 216 Å². The fraction of sp³-hybridized carbons (Fsp3) is 0.364. The summed E-state index contributed by atoms with van der Waals surface area (Å²) in [5, 5.41) is 19.7. The molecule has 6 aromatic rings. The van der Waals surface area contributed by atoms with E-state index in [9.17, 15) is 32.8 Å². The number of carbonyl (C=O) groups excluding carboxylic acids is 5. The van der Waals surface area contributed by atoms with Gasteiger partial charge in [0.25, 0.3) is 11.1 Å². The number of carbonyl (C=O) groups is 5. The van der Waals surface area contributed by atoms with Crippen LogP contribution in [0.3, 0.4) is 0 Å². The predicted molar refractivity (Wildman–Crippen MR) is 298 cm³/mol. The molecule has 78 heavy (non-hydrogen) atoms. The van der Waals surface area contributed by atoms with E-state index < -0.39 is 40.0 Å². The van der Waals surface area contributed by atoms with Gasteiger partial charge in [0, 0.05) is 24.2 Å².